The number of nitrogens with one attached hydrogen (secondary N) is 3. The summed E-state index contributed by atoms with van der Waals surface area (Å²) in [5.74, 6) is 0.240. The van der Waals surface area contributed by atoms with E-state index in [-0.39, 0.29) is 5.95 Å². The van der Waals surface area contributed by atoms with Crippen LogP contribution in [0.3, 0.4) is 0 Å². The third kappa shape index (κ3) is 6.70. The van der Waals surface area contributed by atoms with Crippen LogP contribution in [-0.4, -0.2) is 28.0 Å². The second-order valence-electron chi connectivity index (χ2n) is 2.34. The zero-order chi connectivity index (χ0) is 11.0. The number of nitrogens with two attached hydrogens (primary N) is 1. The SMILES string of the molecule is CCNCC.Nc1nc(=S)[nH]c(=S)[nH]1. The highest BCUT2D eigenvalue weighted by Crippen LogP contribution is 1.86. The molecule has 14 heavy (non-hydrogen) atoms. The van der Waals surface area contributed by atoms with Crippen LogP contribution in [0.25, 0.3) is 0 Å². The van der Waals surface area contributed by atoms with Gasteiger partial charge in [-0.05, 0) is 37.5 Å². The molecule has 1 aromatic rings. The quantitative estimate of drug-likeness (QED) is 0.580. The normalized spacial score (nSPS) is 9.00. The number of aromatic amines is 2. The first-order valence-corrected chi connectivity index (χ1v) is 5.08. The molecule has 0 aliphatic heterocycles. The van der Waals surface area contributed by atoms with Gasteiger partial charge >= 0.3 is 0 Å². The van der Waals surface area contributed by atoms with Crippen molar-refractivity contribution in [3.63, 3.8) is 0 Å². The molecule has 0 unspecified atom stereocenters. The maximum Gasteiger partial charge on any atom is 0.202 e. The number of hydrogen-bond acceptors (Lipinski definition) is 5. The highest BCUT2D eigenvalue weighted by Gasteiger charge is 1.82. The minimum atomic E-state index is 0.240. The van der Waals surface area contributed by atoms with Crippen molar-refractivity contribution in [2.24, 2.45) is 0 Å². The molecule has 1 rings (SSSR count). The van der Waals surface area contributed by atoms with E-state index >= 15 is 0 Å². The summed E-state index contributed by atoms with van der Waals surface area (Å²) in [6.07, 6.45) is 0. The van der Waals surface area contributed by atoms with Gasteiger partial charge in [-0.3, -0.25) is 0 Å². The predicted octanol–water partition coefficient (Wildman–Crippen LogP) is 1.39. The third-order valence-corrected chi connectivity index (χ3v) is 1.58. The number of hydrogen-bond donors (Lipinski definition) is 4. The Balaban J connectivity index is 0.000000292. The van der Waals surface area contributed by atoms with E-state index in [1.807, 2.05) is 0 Å². The molecule has 0 spiro atoms. The topological polar surface area (TPSA) is 82.5 Å². The van der Waals surface area contributed by atoms with Gasteiger partial charge in [0.05, 0.1) is 0 Å². The summed E-state index contributed by atoms with van der Waals surface area (Å²) in [4.78, 5) is 8.81. The fraction of sp³-hybridized carbons (Fsp3) is 0.571. The lowest BCUT2D eigenvalue weighted by atomic mass is 10.7. The number of nitrogen functional groups attached to an aromatic ring is 1. The molecule has 80 valence electrons. The number of aromatic nitrogens is 3. The molecule has 5 N–H and O–H groups in total. The molecule has 0 radical (unpaired) electrons. The predicted molar refractivity (Wildman–Crippen MR) is 63.2 cm³/mol. The van der Waals surface area contributed by atoms with Crippen LogP contribution < -0.4 is 11.1 Å². The first-order chi connectivity index (χ1) is 6.60. The van der Waals surface area contributed by atoms with Crippen molar-refractivity contribution in [2.75, 3.05) is 18.8 Å². The average Bonchev–Trinajstić information content (AvgIpc) is 2.03. The number of nitrogens with zero attached hydrogens (tertiary/aromatic N) is 1. The van der Waals surface area contributed by atoms with E-state index in [2.05, 4.69) is 58.6 Å². The second-order valence-corrected chi connectivity index (χ2v) is 3.13. The Kier molecular flexibility index (Phi) is 7.17. The van der Waals surface area contributed by atoms with Crippen LogP contribution in [-0.2, 0) is 0 Å². The molecule has 0 atom stereocenters. The molecule has 0 aliphatic rings. The standard InChI is InChI=1S/C4H11N.C3H4N4S2/c1-3-5-4-2;4-1-5-2(8)7-3(9)6-1/h5H,3-4H2,1-2H3;(H4,4,5,6,7,8,9). The molecule has 5 nitrogen and oxygen atoms in total. The van der Waals surface area contributed by atoms with Gasteiger partial charge in [-0.25, -0.2) is 0 Å². The zero-order valence-corrected chi connectivity index (χ0v) is 9.89. The van der Waals surface area contributed by atoms with Gasteiger partial charge in [0.15, 0.2) is 4.77 Å². The Hall–Kier alpha value is -0.790. The highest BCUT2D eigenvalue weighted by molar-refractivity contribution is 7.71. The molecule has 0 aromatic carbocycles. The summed E-state index contributed by atoms with van der Waals surface area (Å²) in [5, 5.41) is 3.11. The fourth-order valence-electron chi connectivity index (χ4n) is 0.660. The summed E-state index contributed by atoms with van der Waals surface area (Å²) in [6.45, 7) is 6.39. The van der Waals surface area contributed by atoms with Crippen LogP contribution >= 0.6 is 24.4 Å². The van der Waals surface area contributed by atoms with Crippen molar-refractivity contribution in [1.82, 2.24) is 20.3 Å². The van der Waals surface area contributed by atoms with Crippen LogP contribution in [0.1, 0.15) is 13.8 Å². The van der Waals surface area contributed by atoms with Gasteiger partial charge in [-0.2, -0.15) is 4.98 Å². The second kappa shape index (κ2) is 7.60. The molecule has 0 saturated carbocycles. The fourth-order valence-corrected chi connectivity index (χ4v) is 1.13. The lowest BCUT2D eigenvalue weighted by molar-refractivity contribution is 0.762. The molecule has 1 aromatic heterocycles. The van der Waals surface area contributed by atoms with Crippen LogP contribution in [0.5, 0.6) is 0 Å². The van der Waals surface area contributed by atoms with Crippen LogP contribution in [0.4, 0.5) is 5.95 Å². The summed E-state index contributed by atoms with van der Waals surface area (Å²) in [5.41, 5.74) is 5.24. The Morgan fingerprint density at radius 3 is 2.14 bits per heavy atom. The van der Waals surface area contributed by atoms with E-state index in [0.717, 1.165) is 13.1 Å². The van der Waals surface area contributed by atoms with Gasteiger partial charge < -0.3 is 21.0 Å². The van der Waals surface area contributed by atoms with Crippen molar-refractivity contribution in [2.45, 2.75) is 13.8 Å². The average molecular weight is 233 g/mol. The van der Waals surface area contributed by atoms with E-state index in [1.54, 1.807) is 0 Å². The van der Waals surface area contributed by atoms with Gasteiger partial charge in [-0.1, -0.05) is 13.8 Å². The molecule has 1 heterocycles. The van der Waals surface area contributed by atoms with Crippen molar-refractivity contribution >= 4 is 30.4 Å². The maximum atomic E-state index is 5.24. The molecular formula is C7H15N5S2. The molecule has 0 aliphatic carbocycles. The first kappa shape index (κ1) is 13.2. The third-order valence-electron chi connectivity index (χ3n) is 1.18. The minimum Gasteiger partial charge on any atom is -0.369 e. The van der Waals surface area contributed by atoms with Gasteiger partial charge in [-0.15, -0.1) is 0 Å². The summed E-state index contributed by atoms with van der Waals surface area (Å²) < 4.78 is 0.698. The Morgan fingerprint density at radius 1 is 1.29 bits per heavy atom. The number of rotatable bonds is 2. The van der Waals surface area contributed by atoms with E-state index in [1.165, 1.54) is 0 Å². The lowest BCUT2D eigenvalue weighted by Gasteiger charge is -1.88. The van der Waals surface area contributed by atoms with Crippen molar-refractivity contribution in [3.8, 4) is 0 Å². The summed E-state index contributed by atoms with van der Waals surface area (Å²) >= 11 is 9.34. The molecule has 0 bridgehead atoms. The molecular weight excluding hydrogens is 218 g/mol. The van der Waals surface area contributed by atoms with Crippen molar-refractivity contribution in [3.05, 3.63) is 9.54 Å². The summed E-state index contributed by atoms with van der Waals surface area (Å²) in [7, 11) is 0. The summed E-state index contributed by atoms with van der Waals surface area (Å²) in [6, 6.07) is 0. The largest absolute Gasteiger partial charge is 0.369 e. The smallest absolute Gasteiger partial charge is 0.202 e. The van der Waals surface area contributed by atoms with Gasteiger partial charge in [0.25, 0.3) is 0 Å². The van der Waals surface area contributed by atoms with E-state index in [0.29, 0.717) is 9.54 Å². The highest BCUT2D eigenvalue weighted by atomic mass is 32.1. The van der Waals surface area contributed by atoms with Crippen LogP contribution in [0, 0.1) is 9.54 Å². The zero-order valence-electron chi connectivity index (χ0n) is 8.26. The number of anilines is 1. The van der Waals surface area contributed by atoms with Crippen LogP contribution in [0.15, 0.2) is 0 Å². The van der Waals surface area contributed by atoms with Crippen LogP contribution in [0.2, 0.25) is 0 Å². The molecule has 0 saturated heterocycles. The van der Waals surface area contributed by atoms with E-state index in [4.69, 9.17) is 5.73 Å². The van der Waals surface area contributed by atoms with Gasteiger partial charge in [0, 0.05) is 0 Å². The Bertz CT molecular complexity index is 325. The van der Waals surface area contributed by atoms with Crippen molar-refractivity contribution in [1.29, 1.82) is 0 Å². The van der Waals surface area contributed by atoms with E-state index < -0.39 is 0 Å². The van der Waals surface area contributed by atoms with E-state index in [9.17, 15) is 0 Å². The molecule has 7 heteroatoms. The van der Waals surface area contributed by atoms with Gasteiger partial charge in [0.1, 0.15) is 0 Å². The number of H-pyrrole nitrogens is 2. The Labute approximate surface area is 93.2 Å². The van der Waals surface area contributed by atoms with Gasteiger partial charge in [0.2, 0.25) is 10.7 Å². The van der Waals surface area contributed by atoms with Crippen molar-refractivity contribution < 1.29 is 0 Å². The molecule has 0 fully saturated rings. The maximum absolute atomic E-state index is 5.24. The minimum absolute atomic E-state index is 0.240. The first-order valence-electron chi connectivity index (χ1n) is 4.27. The lowest BCUT2D eigenvalue weighted by Crippen LogP contribution is -2.09. The monoisotopic (exact) mass is 233 g/mol. The Morgan fingerprint density at radius 2 is 1.86 bits per heavy atom. The molecule has 0 amide bonds.